The van der Waals surface area contributed by atoms with Crippen molar-refractivity contribution in [2.24, 2.45) is 0 Å². The van der Waals surface area contributed by atoms with Gasteiger partial charge in [0.1, 0.15) is 29.8 Å². The van der Waals surface area contributed by atoms with Crippen molar-refractivity contribution in [3.63, 3.8) is 0 Å². The minimum atomic E-state index is -0.742. The van der Waals surface area contributed by atoms with Crippen molar-refractivity contribution in [1.29, 1.82) is 0 Å². The van der Waals surface area contributed by atoms with Crippen molar-refractivity contribution in [3.05, 3.63) is 41.7 Å². The fourth-order valence-electron chi connectivity index (χ4n) is 1.45. The van der Waals surface area contributed by atoms with E-state index in [9.17, 15) is 8.78 Å². The first-order chi connectivity index (χ1) is 9.06. The summed E-state index contributed by atoms with van der Waals surface area (Å²) in [7, 11) is 1.48. The molecule has 100 valence electrons. The average Bonchev–Trinajstić information content (AvgIpc) is 2.26. The van der Waals surface area contributed by atoms with Crippen molar-refractivity contribution >= 4 is 5.82 Å². The maximum atomic E-state index is 13.0. The van der Waals surface area contributed by atoms with Crippen molar-refractivity contribution in [1.82, 2.24) is 9.97 Å². The van der Waals surface area contributed by atoms with Gasteiger partial charge in [0, 0.05) is 31.4 Å². The topological polar surface area (TPSA) is 70.3 Å². The number of anilines is 1. The van der Waals surface area contributed by atoms with Crippen LogP contribution >= 0.6 is 0 Å². The Morgan fingerprint density at radius 2 is 1.79 bits per heavy atom. The lowest BCUT2D eigenvalue weighted by molar-refractivity contribution is 0.177. The molecule has 0 aliphatic heterocycles. The maximum Gasteiger partial charge on any atom is 0.224 e. The summed E-state index contributed by atoms with van der Waals surface area (Å²) >= 11 is 0. The predicted octanol–water partition coefficient (Wildman–Crippen LogP) is 2.28. The lowest BCUT2D eigenvalue weighted by Crippen LogP contribution is -2.02. The van der Waals surface area contributed by atoms with Gasteiger partial charge < -0.3 is 15.2 Å². The van der Waals surface area contributed by atoms with Crippen LogP contribution in [0.4, 0.5) is 14.6 Å². The van der Waals surface area contributed by atoms with Gasteiger partial charge in [0.05, 0.1) is 0 Å². The van der Waals surface area contributed by atoms with E-state index in [4.69, 9.17) is 15.2 Å². The second kappa shape index (κ2) is 5.57. The van der Waals surface area contributed by atoms with Gasteiger partial charge in [-0.3, -0.25) is 0 Å². The van der Waals surface area contributed by atoms with E-state index >= 15 is 0 Å². The fourth-order valence-corrected chi connectivity index (χ4v) is 1.45. The summed E-state index contributed by atoms with van der Waals surface area (Å²) in [5.74, 6) is -0.921. The zero-order valence-corrected chi connectivity index (χ0v) is 10.1. The molecule has 2 N–H and O–H groups in total. The number of nitrogen functional groups attached to an aromatic ring is 1. The van der Waals surface area contributed by atoms with Crippen LogP contribution in [-0.2, 0) is 11.3 Å². The van der Waals surface area contributed by atoms with Crippen molar-refractivity contribution in [2.75, 3.05) is 12.8 Å². The van der Waals surface area contributed by atoms with Crippen LogP contribution in [0.2, 0.25) is 0 Å². The van der Waals surface area contributed by atoms with Gasteiger partial charge in [-0.2, -0.15) is 4.98 Å². The number of benzene rings is 1. The molecule has 0 saturated heterocycles. The molecule has 0 unspecified atom stereocenters. The Balaban J connectivity index is 2.27. The quantitative estimate of drug-likeness (QED) is 0.920. The summed E-state index contributed by atoms with van der Waals surface area (Å²) in [6, 6.07) is 4.17. The molecule has 2 rings (SSSR count). The molecule has 19 heavy (non-hydrogen) atoms. The summed E-state index contributed by atoms with van der Waals surface area (Å²) < 4.78 is 36.1. The third-order valence-electron chi connectivity index (χ3n) is 2.10. The minimum Gasteiger partial charge on any atom is -0.439 e. The van der Waals surface area contributed by atoms with Gasteiger partial charge in [0.25, 0.3) is 0 Å². The van der Waals surface area contributed by atoms with Crippen molar-refractivity contribution < 1.29 is 18.3 Å². The Bertz CT molecular complexity index is 573. The zero-order chi connectivity index (χ0) is 13.8. The van der Waals surface area contributed by atoms with Gasteiger partial charge in [0.2, 0.25) is 5.88 Å². The van der Waals surface area contributed by atoms with Gasteiger partial charge in [-0.1, -0.05) is 0 Å². The molecule has 5 nitrogen and oxygen atoms in total. The van der Waals surface area contributed by atoms with E-state index in [1.165, 1.54) is 13.2 Å². The standard InChI is InChI=1S/C12H11F2N3O2/c1-18-6-11-16-10(15)5-12(17-11)19-9-3-7(13)2-8(14)4-9/h2-5H,6H2,1H3,(H2,15,16,17). The number of rotatable bonds is 4. The predicted molar refractivity (Wildman–Crippen MR) is 63.6 cm³/mol. The summed E-state index contributed by atoms with van der Waals surface area (Å²) in [6.45, 7) is 0.152. The lowest BCUT2D eigenvalue weighted by atomic mass is 10.3. The van der Waals surface area contributed by atoms with E-state index < -0.39 is 11.6 Å². The van der Waals surface area contributed by atoms with Gasteiger partial charge >= 0.3 is 0 Å². The number of ether oxygens (including phenoxy) is 2. The van der Waals surface area contributed by atoms with Crippen LogP contribution in [0, 0.1) is 11.6 Å². The minimum absolute atomic E-state index is 0.0148. The highest BCUT2D eigenvalue weighted by atomic mass is 19.1. The molecule has 0 fully saturated rings. The number of hydrogen-bond donors (Lipinski definition) is 1. The number of nitrogens with two attached hydrogens (primary N) is 1. The van der Waals surface area contributed by atoms with Crippen LogP contribution in [-0.4, -0.2) is 17.1 Å². The second-order valence-electron chi connectivity index (χ2n) is 3.69. The maximum absolute atomic E-state index is 13.0. The van der Waals surface area contributed by atoms with Crippen LogP contribution in [0.25, 0.3) is 0 Å². The summed E-state index contributed by atoms with van der Waals surface area (Å²) in [5, 5.41) is 0. The van der Waals surface area contributed by atoms with Crippen LogP contribution in [0.1, 0.15) is 5.82 Å². The van der Waals surface area contributed by atoms with Crippen LogP contribution in [0.3, 0.4) is 0 Å². The smallest absolute Gasteiger partial charge is 0.224 e. The highest BCUT2D eigenvalue weighted by Gasteiger charge is 2.07. The molecule has 0 atom stereocenters. The first kappa shape index (κ1) is 13.2. The number of halogens is 2. The Morgan fingerprint density at radius 3 is 2.42 bits per heavy atom. The third kappa shape index (κ3) is 3.59. The molecule has 0 aliphatic rings. The molecule has 0 saturated carbocycles. The molecule has 1 heterocycles. The highest BCUT2D eigenvalue weighted by molar-refractivity contribution is 5.36. The fraction of sp³-hybridized carbons (Fsp3) is 0.167. The largest absolute Gasteiger partial charge is 0.439 e. The molecule has 0 spiro atoms. The van der Waals surface area contributed by atoms with Gasteiger partial charge in [-0.15, -0.1) is 0 Å². The Labute approximate surface area is 108 Å². The second-order valence-corrected chi connectivity index (χ2v) is 3.69. The first-order valence-electron chi connectivity index (χ1n) is 5.33. The van der Waals surface area contributed by atoms with E-state index in [1.807, 2.05) is 0 Å². The van der Waals surface area contributed by atoms with Gasteiger partial charge in [-0.05, 0) is 0 Å². The molecule has 2 aromatic rings. The number of methoxy groups -OCH3 is 1. The molecular weight excluding hydrogens is 256 g/mol. The monoisotopic (exact) mass is 267 g/mol. The van der Waals surface area contributed by atoms with Gasteiger partial charge in [0.15, 0.2) is 5.82 Å². The van der Waals surface area contributed by atoms with E-state index in [2.05, 4.69) is 9.97 Å². The molecule has 0 radical (unpaired) electrons. The third-order valence-corrected chi connectivity index (χ3v) is 2.10. The highest BCUT2D eigenvalue weighted by Crippen LogP contribution is 2.22. The van der Waals surface area contributed by atoms with E-state index in [1.54, 1.807) is 0 Å². The SMILES string of the molecule is COCc1nc(N)cc(Oc2cc(F)cc(F)c2)n1. The first-order valence-corrected chi connectivity index (χ1v) is 5.33. The summed E-state index contributed by atoms with van der Waals surface area (Å²) in [4.78, 5) is 7.91. The van der Waals surface area contributed by atoms with E-state index in [-0.39, 0.29) is 24.1 Å². The van der Waals surface area contributed by atoms with E-state index in [0.29, 0.717) is 5.82 Å². The Hall–Kier alpha value is -2.28. The summed E-state index contributed by atoms with van der Waals surface area (Å²) in [5.41, 5.74) is 5.57. The van der Waals surface area contributed by atoms with Gasteiger partial charge in [-0.25, -0.2) is 13.8 Å². The normalized spacial score (nSPS) is 10.5. The van der Waals surface area contributed by atoms with Crippen molar-refractivity contribution in [2.45, 2.75) is 6.61 Å². The number of aromatic nitrogens is 2. The molecule has 0 aliphatic carbocycles. The summed E-state index contributed by atoms with van der Waals surface area (Å²) in [6.07, 6.45) is 0. The molecule has 7 heteroatoms. The van der Waals surface area contributed by atoms with Crippen LogP contribution in [0.15, 0.2) is 24.3 Å². The van der Waals surface area contributed by atoms with E-state index in [0.717, 1.165) is 18.2 Å². The molecule has 1 aromatic heterocycles. The lowest BCUT2D eigenvalue weighted by Gasteiger charge is -2.07. The average molecular weight is 267 g/mol. The number of nitrogens with zero attached hydrogens (tertiary/aromatic N) is 2. The number of hydrogen-bond acceptors (Lipinski definition) is 5. The van der Waals surface area contributed by atoms with Crippen molar-refractivity contribution in [3.8, 4) is 11.6 Å². The Kier molecular flexibility index (Phi) is 3.86. The molecule has 1 aromatic carbocycles. The molecule has 0 amide bonds. The zero-order valence-electron chi connectivity index (χ0n) is 10.1. The van der Waals surface area contributed by atoms with Crippen LogP contribution in [0.5, 0.6) is 11.6 Å². The van der Waals surface area contributed by atoms with Crippen LogP contribution < -0.4 is 10.5 Å². The molecular formula is C12H11F2N3O2. The molecule has 0 bridgehead atoms. The Morgan fingerprint density at radius 1 is 1.11 bits per heavy atom.